The fourth-order valence-electron chi connectivity index (χ4n) is 1.93. The number of aromatic nitrogens is 2. The van der Waals surface area contributed by atoms with Crippen LogP contribution in [0.3, 0.4) is 0 Å². The summed E-state index contributed by atoms with van der Waals surface area (Å²) >= 11 is 0. The highest BCUT2D eigenvalue weighted by molar-refractivity contribution is 6.00. The van der Waals surface area contributed by atoms with E-state index in [1.807, 2.05) is 0 Å². The second-order valence-electron chi connectivity index (χ2n) is 4.68. The zero-order valence-corrected chi connectivity index (χ0v) is 12.6. The summed E-state index contributed by atoms with van der Waals surface area (Å²) in [5.41, 5.74) is 7.92. The molecule has 122 valence electrons. The molecule has 1 aromatic heterocycles. The van der Waals surface area contributed by atoms with Gasteiger partial charge in [-0.3, -0.25) is 10.2 Å². The van der Waals surface area contributed by atoms with E-state index in [-0.39, 0.29) is 5.84 Å². The number of hydrogen-bond donors (Lipinski definition) is 2. The van der Waals surface area contributed by atoms with Crippen molar-refractivity contribution in [1.82, 2.24) is 10.3 Å². The zero-order chi connectivity index (χ0) is 16.9. The van der Waals surface area contributed by atoms with Gasteiger partial charge in [-0.1, -0.05) is 11.2 Å². The van der Waals surface area contributed by atoms with Gasteiger partial charge in [-0.25, -0.2) is 9.42 Å². The van der Waals surface area contributed by atoms with Gasteiger partial charge in [0.15, 0.2) is 5.84 Å². The minimum Gasteiger partial charge on any atom is -0.497 e. The highest BCUT2D eigenvalue weighted by Crippen LogP contribution is 2.17. The first-order chi connectivity index (χ1) is 11.7. The summed E-state index contributed by atoms with van der Waals surface area (Å²) < 4.78 is 9.66. The van der Waals surface area contributed by atoms with Crippen molar-refractivity contribution in [2.75, 3.05) is 12.4 Å². The molecule has 0 bridgehead atoms. The van der Waals surface area contributed by atoms with Gasteiger partial charge >= 0.3 is 6.09 Å². The van der Waals surface area contributed by atoms with Gasteiger partial charge in [0.2, 0.25) is 0 Å². The molecule has 24 heavy (non-hydrogen) atoms. The molecule has 0 aliphatic rings. The van der Waals surface area contributed by atoms with Gasteiger partial charge in [-0.15, -0.1) is 0 Å². The van der Waals surface area contributed by atoms with Crippen LogP contribution in [0.25, 0.3) is 11.0 Å². The Bertz CT molecular complexity index is 906. The molecule has 0 fully saturated rings. The lowest BCUT2D eigenvalue weighted by molar-refractivity contribution is 0.166. The van der Waals surface area contributed by atoms with E-state index in [9.17, 15) is 4.79 Å². The maximum Gasteiger partial charge on any atom is 0.437 e. The van der Waals surface area contributed by atoms with Gasteiger partial charge in [0.1, 0.15) is 16.8 Å². The van der Waals surface area contributed by atoms with Gasteiger partial charge in [0.05, 0.1) is 7.11 Å². The summed E-state index contributed by atoms with van der Waals surface area (Å²) in [4.78, 5) is 16.5. The Kier molecular flexibility index (Phi) is 4.23. The maximum atomic E-state index is 11.7. The monoisotopic (exact) mass is 327 g/mol. The molecule has 3 N–H and O–H groups in total. The third-order valence-corrected chi connectivity index (χ3v) is 3.09. The summed E-state index contributed by atoms with van der Waals surface area (Å²) in [7, 11) is 1.53. The van der Waals surface area contributed by atoms with Crippen LogP contribution >= 0.6 is 0 Å². The number of benzene rings is 2. The Morgan fingerprint density at radius 2 is 2.04 bits per heavy atom. The molecule has 0 saturated carbocycles. The quantitative estimate of drug-likeness (QED) is 0.325. The molecule has 9 nitrogen and oxygen atoms in total. The third-order valence-electron chi connectivity index (χ3n) is 3.09. The highest BCUT2D eigenvalue weighted by Gasteiger charge is 2.07. The van der Waals surface area contributed by atoms with Crippen LogP contribution in [0, 0.1) is 0 Å². The predicted molar refractivity (Wildman–Crippen MR) is 85.6 cm³/mol. The number of nitrogens with one attached hydrogen (secondary N) is 1. The fourth-order valence-corrected chi connectivity index (χ4v) is 1.93. The van der Waals surface area contributed by atoms with E-state index in [0.717, 1.165) is 0 Å². The van der Waals surface area contributed by atoms with E-state index in [4.69, 9.17) is 15.3 Å². The topological polar surface area (TPSA) is 125 Å². The zero-order valence-electron chi connectivity index (χ0n) is 12.6. The van der Waals surface area contributed by atoms with Crippen molar-refractivity contribution < 1.29 is 19.0 Å². The number of nitrogens with zero attached hydrogens (tertiary/aromatic N) is 3. The summed E-state index contributed by atoms with van der Waals surface area (Å²) in [5, 5.41) is 13.5. The lowest BCUT2D eigenvalue weighted by atomic mass is 10.2. The number of nitrogens with two attached hydrogens (primary N) is 1. The number of anilines is 1. The summed E-state index contributed by atoms with van der Waals surface area (Å²) in [6.45, 7) is 0. The molecule has 1 amide bonds. The Hall–Kier alpha value is -3.62. The third kappa shape index (κ3) is 3.40. The van der Waals surface area contributed by atoms with Gasteiger partial charge < -0.3 is 10.5 Å². The molecule has 1 heterocycles. The number of methoxy groups -OCH3 is 1. The van der Waals surface area contributed by atoms with E-state index >= 15 is 0 Å². The van der Waals surface area contributed by atoms with E-state index in [1.165, 1.54) is 7.11 Å². The molecular weight excluding hydrogens is 314 g/mol. The molecule has 0 atom stereocenters. The number of hydrogen-bond acceptors (Lipinski definition) is 7. The number of carbonyl (C=O) groups excluding carboxylic acids is 1. The van der Waals surface area contributed by atoms with E-state index in [1.54, 1.807) is 42.5 Å². The van der Waals surface area contributed by atoms with Crippen molar-refractivity contribution in [1.29, 1.82) is 0 Å². The molecule has 0 aliphatic carbocycles. The standard InChI is InChI=1S/C15H13N5O4/c1-22-11-4-2-3-10(8-11)17-15(21)23-20-14(16)9-5-6-12-13(7-9)19-24-18-12/h2-8H,1H3,(H2,16,20)(H,17,21). The normalized spacial score (nSPS) is 11.3. The second-order valence-corrected chi connectivity index (χ2v) is 4.68. The van der Waals surface area contributed by atoms with Crippen molar-refractivity contribution in [3.63, 3.8) is 0 Å². The average molecular weight is 327 g/mol. The highest BCUT2D eigenvalue weighted by atomic mass is 16.7. The minimum absolute atomic E-state index is 0.0145. The smallest absolute Gasteiger partial charge is 0.437 e. The molecule has 0 unspecified atom stereocenters. The van der Waals surface area contributed by atoms with E-state index in [2.05, 4.69) is 25.4 Å². The van der Waals surface area contributed by atoms with Crippen LogP contribution in [-0.4, -0.2) is 29.4 Å². The summed E-state index contributed by atoms with van der Waals surface area (Å²) in [6.07, 6.45) is -0.782. The number of ether oxygens (including phenoxy) is 1. The van der Waals surface area contributed by atoms with Crippen LogP contribution in [0.15, 0.2) is 52.2 Å². The molecule has 2 aromatic carbocycles. The largest absolute Gasteiger partial charge is 0.497 e. The Labute approximate surface area is 136 Å². The number of fused-ring (bicyclic) bond motifs is 1. The van der Waals surface area contributed by atoms with Crippen LogP contribution in [0.1, 0.15) is 5.56 Å². The van der Waals surface area contributed by atoms with Crippen LogP contribution in [0.4, 0.5) is 10.5 Å². The molecule has 0 aliphatic heterocycles. The van der Waals surface area contributed by atoms with Gasteiger partial charge in [-0.2, -0.15) is 0 Å². The first-order valence-electron chi connectivity index (χ1n) is 6.84. The van der Waals surface area contributed by atoms with Gasteiger partial charge in [0, 0.05) is 17.3 Å². The maximum absolute atomic E-state index is 11.7. The first-order valence-corrected chi connectivity index (χ1v) is 6.84. The van der Waals surface area contributed by atoms with Crippen molar-refractivity contribution in [2.45, 2.75) is 0 Å². The molecule has 3 rings (SSSR count). The fraction of sp³-hybridized carbons (Fsp3) is 0.0667. The Morgan fingerprint density at radius 3 is 2.88 bits per heavy atom. The lowest BCUT2D eigenvalue weighted by Gasteiger charge is -2.05. The molecular formula is C15H13N5O4. The molecule has 0 spiro atoms. The van der Waals surface area contributed by atoms with Crippen molar-refractivity contribution in [2.24, 2.45) is 10.9 Å². The van der Waals surface area contributed by atoms with Crippen LogP contribution < -0.4 is 15.8 Å². The number of carbonyl (C=O) groups is 1. The van der Waals surface area contributed by atoms with Crippen molar-refractivity contribution in [3.8, 4) is 5.75 Å². The first kappa shape index (κ1) is 15.3. The number of rotatable bonds is 4. The Morgan fingerprint density at radius 1 is 1.21 bits per heavy atom. The van der Waals surface area contributed by atoms with Crippen molar-refractivity contribution in [3.05, 3.63) is 48.0 Å². The van der Waals surface area contributed by atoms with E-state index in [0.29, 0.717) is 28.0 Å². The second kappa shape index (κ2) is 6.65. The summed E-state index contributed by atoms with van der Waals surface area (Å²) in [5.74, 6) is 0.617. The van der Waals surface area contributed by atoms with Crippen LogP contribution in [-0.2, 0) is 4.84 Å². The summed E-state index contributed by atoms with van der Waals surface area (Å²) in [6, 6.07) is 11.7. The average Bonchev–Trinajstić information content (AvgIpc) is 3.07. The van der Waals surface area contributed by atoms with Gasteiger partial charge in [0.25, 0.3) is 0 Å². The Balaban J connectivity index is 1.66. The number of amides is 1. The van der Waals surface area contributed by atoms with Crippen LogP contribution in [0.5, 0.6) is 5.75 Å². The van der Waals surface area contributed by atoms with Crippen molar-refractivity contribution >= 4 is 28.6 Å². The lowest BCUT2D eigenvalue weighted by Crippen LogP contribution is -2.17. The van der Waals surface area contributed by atoms with Crippen LogP contribution in [0.2, 0.25) is 0 Å². The SMILES string of the molecule is COc1cccc(NC(=O)O/N=C(\N)c2ccc3nonc3c2)c1. The van der Waals surface area contributed by atoms with E-state index < -0.39 is 6.09 Å². The molecule has 3 aromatic rings. The van der Waals surface area contributed by atoms with Gasteiger partial charge in [-0.05, 0) is 40.6 Å². The molecule has 9 heteroatoms. The predicted octanol–water partition coefficient (Wildman–Crippen LogP) is 2.10. The minimum atomic E-state index is -0.782. The number of oxime groups is 1. The molecule has 0 radical (unpaired) electrons. The molecule has 0 saturated heterocycles. The number of amidine groups is 1.